The average Bonchev–Trinajstić information content (AvgIpc) is 1.83. The Balaban J connectivity index is 3.45. The van der Waals surface area contributed by atoms with Crippen LogP contribution < -0.4 is 0 Å². The van der Waals surface area contributed by atoms with E-state index >= 15 is 0 Å². The van der Waals surface area contributed by atoms with Gasteiger partial charge < -0.3 is 4.53 Å². The molecule has 3 heteroatoms. The van der Waals surface area contributed by atoms with Gasteiger partial charge in [0.2, 0.25) is 0 Å². The van der Waals surface area contributed by atoms with Gasteiger partial charge >= 0.3 is 0 Å². The Morgan fingerprint density at radius 2 is 2.50 bits per heavy atom. The largest absolute Gasteiger partial charge is 0.372 e. The number of oxime groups is 1. The predicted octanol–water partition coefficient (Wildman–Crippen LogP) is 0.997. The van der Waals surface area contributed by atoms with Crippen LogP contribution in [0.25, 0.3) is 0 Å². The molecule has 0 amide bonds. The Labute approximate surface area is 51.8 Å². The van der Waals surface area contributed by atoms with Crippen molar-refractivity contribution in [2.45, 2.75) is 20.3 Å². The molecule has 0 aliphatic heterocycles. The van der Waals surface area contributed by atoms with E-state index in [0.29, 0.717) is 0 Å². The minimum Gasteiger partial charge on any atom is -0.372 e. The molecule has 0 spiro atoms. The first-order valence-electron chi connectivity index (χ1n) is 2.46. The van der Waals surface area contributed by atoms with Crippen LogP contribution in [0, 0.1) is 6.00 Å². The van der Waals surface area contributed by atoms with Gasteiger partial charge in [0.15, 0.2) is 0 Å². The molecule has 0 aliphatic rings. The highest BCUT2D eigenvalue weighted by atomic mass is 28.2. The number of rotatable bonds is 2. The Kier molecular flexibility index (Phi) is 4.31. The smallest absolute Gasteiger partial charge is 0.284 e. The number of nitrogens with zero attached hydrogens (tertiary/aromatic N) is 1. The molecule has 0 aliphatic carbocycles. The highest BCUT2D eigenvalue weighted by Gasteiger charge is 1.80. The van der Waals surface area contributed by atoms with Crippen molar-refractivity contribution < 1.29 is 4.53 Å². The fraction of sp³-hybridized carbons (Fsp3) is 0.600. The zero-order chi connectivity index (χ0) is 6.41. The monoisotopic (exact) mass is 127 g/mol. The highest BCUT2D eigenvalue weighted by molar-refractivity contribution is 6.12. The minimum atomic E-state index is -0.0339. The molecular weight excluding hydrogens is 118 g/mol. The normalized spacial score (nSPS) is 10.4. The fourth-order valence-electron chi connectivity index (χ4n) is 0.169. The second-order valence-electron chi connectivity index (χ2n) is 1.39. The molecule has 44 valence electrons. The van der Waals surface area contributed by atoms with Crippen LogP contribution in [0.15, 0.2) is 5.16 Å². The van der Waals surface area contributed by atoms with Gasteiger partial charge in [0.1, 0.15) is 0 Å². The number of hydrogen-bond acceptors (Lipinski definition) is 2. The van der Waals surface area contributed by atoms with Gasteiger partial charge in [0, 0.05) is 0 Å². The molecule has 0 N–H and O–H groups in total. The van der Waals surface area contributed by atoms with Crippen LogP contribution in [0.2, 0.25) is 0 Å². The number of hydrogen-bond donors (Lipinski definition) is 0. The molecule has 0 bridgehead atoms. The van der Waals surface area contributed by atoms with Crippen molar-refractivity contribution in [1.82, 2.24) is 0 Å². The molecule has 8 heavy (non-hydrogen) atoms. The summed E-state index contributed by atoms with van der Waals surface area (Å²) in [6.07, 6.45) is 0.921. The summed E-state index contributed by atoms with van der Waals surface area (Å²) in [5, 5.41) is 3.67. The van der Waals surface area contributed by atoms with E-state index in [1.807, 2.05) is 13.8 Å². The van der Waals surface area contributed by atoms with Crippen LogP contribution >= 0.6 is 0 Å². The molecule has 0 atom stereocenters. The standard InChI is InChI=1S/C5H9NOSi/c1-4-5(2)6-7-8-3/h3H,4H2,1-2H3/b6-5+. The minimum absolute atomic E-state index is 0.0339. The van der Waals surface area contributed by atoms with Gasteiger partial charge in [-0.3, -0.25) is 0 Å². The first-order chi connectivity index (χ1) is 3.81. The van der Waals surface area contributed by atoms with E-state index in [0.717, 1.165) is 12.1 Å². The topological polar surface area (TPSA) is 21.6 Å². The summed E-state index contributed by atoms with van der Waals surface area (Å²) in [5.74, 6) is 0. The summed E-state index contributed by atoms with van der Waals surface area (Å²) in [6, 6.07) is 5.03. The van der Waals surface area contributed by atoms with E-state index in [4.69, 9.17) is 6.00 Å². The molecule has 0 saturated carbocycles. The van der Waals surface area contributed by atoms with Crippen LogP contribution in [0.3, 0.4) is 0 Å². The van der Waals surface area contributed by atoms with Crippen molar-refractivity contribution >= 4 is 14.9 Å². The Bertz CT molecular complexity index is 125. The molecule has 0 saturated heterocycles. The van der Waals surface area contributed by atoms with Crippen molar-refractivity contribution in [3.8, 4) is 6.00 Å². The Hall–Kier alpha value is -0.533. The summed E-state index contributed by atoms with van der Waals surface area (Å²) in [4.78, 5) is 0. The zero-order valence-corrected chi connectivity index (χ0v) is 6.14. The van der Waals surface area contributed by atoms with E-state index in [9.17, 15) is 0 Å². The molecule has 0 aromatic heterocycles. The molecule has 0 unspecified atom stereocenters. The maximum atomic E-state index is 5.03. The summed E-state index contributed by atoms with van der Waals surface area (Å²) < 4.78 is 4.58. The summed E-state index contributed by atoms with van der Waals surface area (Å²) in [6.45, 7) is 3.92. The molecule has 0 radical (unpaired) electrons. The quantitative estimate of drug-likeness (QED) is 0.308. The van der Waals surface area contributed by atoms with Gasteiger partial charge in [-0.1, -0.05) is 12.1 Å². The molecule has 2 nitrogen and oxygen atoms in total. The predicted molar refractivity (Wildman–Crippen MR) is 35.2 cm³/mol. The van der Waals surface area contributed by atoms with Gasteiger partial charge in [0.05, 0.1) is 5.71 Å². The molecule has 0 fully saturated rings. The van der Waals surface area contributed by atoms with E-state index in [-0.39, 0.29) is 9.20 Å². The van der Waals surface area contributed by atoms with Crippen molar-refractivity contribution in [2.24, 2.45) is 5.16 Å². The third-order valence-corrected chi connectivity index (χ3v) is 0.963. The third-order valence-electron chi connectivity index (χ3n) is 0.766. The molecule has 0 heterocycles. The van der Waals surface area contributed by atoms with Crippen LogP contribution in [-0.2, 0) is 4.53 Å². The van der Waals surface area contributed by atoms with Gasteiger partial charge in [0.25, 0.3) is 9.20 Å². The maximum absolute atomic E-state index is 5.03. The molecule has 0 aromatic carbocycles. The van der Waals surface area contributed by atoms with Gasteiger partial charge in [-0.15, -0.1) is 6.00 Å². The second kappa shape index (κ2) is 4.62. The van der Waals surface area contributed by atoms with Crippen LogP contribution in [0.5, 0.6) is 0 Å². The van der Waals surface area contributed by atoms with Crippen molar-refractivity contribution in [1.29, 1.82) is 0 Å². The van der Waals surface area contributed by atoms with E-state index in [1.54, 1.807) is 0 Å². The summed E-state index contributed by atoms with van der Waals surface area (Å²) >= 11 is 0. The average molecular weight is 127 g/mol. The third kappa shape index (κ3) is 3.65. The highest BCUT2D eigenvalue weighted by Crippen LogP contribution is 1.81. The fourth-order valence-corrected chi connectivity index (χ4v) is 0.377. The maximum Gasteiger partial charge on any atom is 0.284 e. The molecule has 0 aromatic rings. The summed E-state index contributed by atoms with van der Waals surface area (Å²) in [7, 11) is -0.0339. The van der Waals surface area contributed by atoms with Crippen LogP contribution in [0.4, 0.5) is 0 Å². The SMILES string of the molecule is C#[Si]O/N=C(\C)CC. The van der Waals surface area contributed by atoms with Gasteiger partial charge in [-0.05, 0) is 13.3 Å². The lowest BCUT2D eigenvalue weighted by atomic mass is 10.3. The molecular formula is C5H9NOSi. The van der Waals surface area contributed by atoms with Gasteiger partial charge in [-0.25, -0.2) is 0 Å². The lowest BCUT2D eigenvalue weighted by molar-refractivity contribution is 0.374. The first kappa shape index (κ1) is 7.47. The van der Waals surface area contributed by atoms with E-state index in [1.165, 1.54) is 0 Å². The molecule has 0 rings (SSSR count). The Morgan fingerprint density at radius 3 is 2.88 bits per heavy atom. The zero-order valence-electron chi connectivity index (χ0n) is 5.14. The van der Waals surface area contributed by atoms with Crippen molar-refractivity contribution in [2.75, 3.05) is 0 Å². The summed E-state index contributed by atoms with van der Waals surface area (Å²) in [5.41, 5.74) is 0.975. The van der Waals surface area contributed by atoms with Crippen molar-refractivity contribution in [3.63, 3.8) is 0 Å². The van der Waals surface area contributed by atoms with Crippen LogP contribution in [0.1, 0.15) is 20.3 Å². The van der Waals surface area contributed by atoms with Gasteiger partial charge in [-0.2, -0.15) is 0 Å². The van der Waals surface area contributed by atoms with E-state index in [2.05, 4.69) is 9.68 Å². The first-order valence-corrected chi connectivity index (χ1v) is 3.45. The Morgan fingerprint density at radius 1 is 1.88 bits per heavy atom. The lowest BCUT2D eigenvalue weighted by Crippen LogP contribution is -1.88. The second-order valence-corrected chi connectivity index (χ2v) is 1.81. The van der Waals surface area contributed by atoms with Crippen molar-refractivity contribution in [3.05, 3.63) is 0 Å². The van der Waals surface area contributed by atoms with E-state index < -0.39 is 0 Å². The lowest BCUT2D eigenvalue weighted by Gasteiger charge is -1.88. The van der Waals surface area contributed by atoms with Crippen LogP contribution in [-0.4, -0.2) is 14.9 Å².